The molecule has 0 amide bonds. The molecule has 1 N–H and O–H groups in total. The number of ether oxygens (including phenoxy) is 2. The lowest BCUT2D eigenvalue weighted by molar-refractivity contribution is -0.142. The molecule has 1 aromatic rings. The lowest BCUT2D eigenvalue weighted by atomic mass is 10.0. The largest absolute Gasteiger partial charge is 0.494 e. The number of carbonyl (C=O) groups excluding carboxylic acids is 1. The summed E-state index contributed by atoms with van der Waals surface area (Å²) in [6.45, 7) is 3.79. The van der Waals surface area contributed by atoms with E-state index in [1.54, 1.807) is 0 Å². The van der Waals surface area contributed by atoms with E-state index < -0.39 is 11.9 Å². The lowest BCUT2D eigenvalue weighted by Gasteiger charge is -2.22. The molecule has 0 saturated carbocycles. The van der Waals surface area contributed by atoms with Gasteiger partial charge in [0.15, 0.2) is 0 Å². The zero-order valence-corrected chi connectivity index (χ0v) is 11.0. The fraction of sp³-hybridized carbons (Fsp3) is 0.462. The van der Waals surface area contributed by atoms with Crippen LogP contribution in [0.1, 0.15) is 13.8 Å². The number of esters is 1. The fourth-order valence-corrected chi connectivity index (χ4v) is 1.58. The van der Waals surface area contributed by atoms with Crippen molar-refractivity contribution in [3.8, 4) is 5.75 Å². The summed E-state index contributed by atoms with van der Waals surface area (Å²) >= 11 is 0. The molecule has 1 rings (SSSR count). The molecule has 18 heavy (non-hydrogen) atoms. The van der Waals surface area contributed by atoms with Gasteiger partial charge in [-0.25, -0.2) is 9.18 Å². The minimum atomic E-state index is -0.505. The highest BCUT2D eigenvalue weighted by molar-refractivity contribution is 5.80. The van der Waals surface area contributed by atoms with Gasteiger partial charge in [0.2, 0.25) is 0 Å². The van der Waals surface area contributed by atoms with E-state index in [0.29, 0.717) is 11.4 Å². The second-order valence-electron chi connectivity index (χ2n) is 4.23. The Morgan fingerprint density at radius 1 is 1.33 bits per heavy atom. The SMILES string of the molecule is COC(=O)C(Nc1ccc(F)cc1OC)C(C)C. The fourth-order valence-electron chi connectivity index (χ4n) is 1.58. The van der Waals surface area contributed by atoms with Crippen LogP contribution in [-0.2, 0) is 9.53 Å². The molecule has 0 saturated heterocycles. The molecule has 0 heterocycles. The van der Waals surface area contributed by atoms with Crippen molar-refractivity contribution in [2.24, 2.45) is 5.92 Å². The van der Waals surface area contributed by atoms with E-state index in [1.807, 2.05) is 13.8 Å². The summed E-state index contributed by atoms with van der Waals surface area (Å²) in [6, 6.07) is 3.59. The molecule has 0 aliphatic carbocycles. The number of carbonyl (C=O) groups is 1. The predicted molar refractivity (Wildman–Crippen MR) is 67.2 cm³/mol. The van der Waals surface area contributed by atoms with Crippen LogP contribution in [0.15, 0.2) is 18.2 Å². The standard InChI is InChI=1S/C13H18FNO3/c1-8(2)12(13(16)18-4)15-10-6-5-9(14)7-11(10)17-3/h5-8,12,15H,1-4H3. The Balaban J connectivity index is 2.97. The molecule has 0 spiro atoms. The van der Waals surface area contributed by atoms with Crippen LogP contribution in [0.2, 0.25) is 0 Å². The van der Waals surface area contributed by atoms with Crippen LogP contribution in [0.4, 0.5) is 10.1 Å². The highest BCUT2D eigenvalue weighted by Gasteiger charge is 2.23. The molecule has 0 fully saturated rings. The van der Waals surface area contributed by atoms with E-state index in [0.717, 1.165) is 0 Å². The highest BCUT2D eigenvalue weighted by Crippen LogP contribution is 2.26. The molecule has 0 radical (unpaired) electrons. The average Bonchev–Trinajstić information content (AvgIpc) is 2.35. The van der Waals surface area contributed by atoms with Gasteiger partial charge in [-0.1, -0.05) is 13.8 Å². The maximum absolute atomic E-state index is 13.1. The van der Waals surface area contributed by atoms with Crippen molar-refractivity contribution in [2.45, 2.75) is 19.9 Å². The van der Waals surface area contributed by atoms with Crippen LogP contribution >= 0.6 is 0 Å². The third-order valence-corrected chi connectivity index (χ3v) is 2.60. The first-order chi connectivity index (χ1) is 8.49. The molecule has 5 heteroatoms. The maximum atomic E-state index is 13.1. The van der Waals surface area contributed by atoms with E-state index >= 15 is 0 Å². The molecule has 1 atom stereocenters. The van der Waals surface area contributed by atoms with E-state index in [1.165, 1.54) is 32.4 Å². The maximum Gasteiger partial charge on any atom is 0.328 e. The summed E-state index contributed by atoms with van der Waals surface area (Å²) in [5.74, 6) is -0.371. The third kappa shape index (κ3) is 3.35. The summed E-state index contributed by atoms with van der Waals surface area (Å²) in [7, 11) is 2.78. The van der Waals surface area contributed by atoms with Crippen LogP contribution in [0.5, 0.6) is 5.75 Å². The minimum absolute atomic E-state index is 0.0345. The topological polar surface area (TPSA) is 47.6 Å². The number of nitrogens with one attached hydrogen (secondary N) is 1. The van der Waals surface area contributed by atoms with Crippen LogP contribution in [-0.4, -0.2) is 26.2 Å². The van der Waals surface area contributed by atoms with Gasteiger partial charge in [-0.05, 0) is 18.1 Å². The Morgan fingerprint density at radius 3 is 2.50 bits per heavy atom. The van der Waals surface area contributed by atoms with Crippen molar-refractivity contribution in [3.63, 3.8) is 0 Å². The van der Waals surface area contributed by atoms with E-state index in [2.05, 4.69) is 5.32 Å². The number of methoxy groups -OCH3 is 2. The van der Waals surface area contributed by atoms with Gasteiger partial charge in [0.05, 0.1) is 19.9 Å². The van der Waals surface area contributed by atoms with Crippen molar-refractivity contribution in [3.05, 3.63) is 24.0 Å². The van der Waals surface area contributed by atoms with Crippen molar-refractivity contribution in [2.75, 3.05) is 19.5 Å². The summed E-state index contributed by atoms with van der Waals surface area (Å²) in [5.41, 5.74) is 0.558. The summed E-state index contributed by atoms with van der Waals surface area (Å²) < 4.78 is 22.8. The monoisotopic (exact) mass is 255 g/mol. The Kier molecular flexibility index (Phi) is 4.95. The molecular weight excluding hydrogens is 237 g/mol. The smallest absolute Gasteiger partial charge is 0.328 e. The van der Waals surface area contributed by atoms with Gasteiger partial charge in [0.1, 0.15) is 17.6 Å². The molecule has 1 unspecified atom stereocenters. The molecular formula is C13H18FNO3. The van der Waals surface area contributed by atoms with Gasteiger partial charge >= 0.3 is 5.97 Å². The Hall–Kier alpha value is -1.78. The third-order valence-electron chi connectivity index (χ3n) is 2.60. The Bertz CT molecular complexity index is 421. The van der Waals surface area contributed by atoms with Crippen LogP contribution < -0.4 is 10.1 Å². The molecule has 0 aliphatic rings. The Labute approximate surface area is 106 Å². The molecule has 4 nitrogen and oxygen atoms in total. The quantitative estimate of drug-likeness (QED) is 0.821. The van der Waals surface area contributed by atoms with Crippen LogP contribution in [0.3, 0.4) is 0 Å². The van der Waals surface area contributed by atoms with E-state index in [4.69, 9.17) is 9.47 Å². The molecule has 0 bridgehead atoms. The second kappa shape index (κ2) is 6.23. The summed E-state index contributed by atoms with van der Waals surface area (Å²) in [4.78, 5) is 11.6. The summed E-state index contributed by atoms with van der Waals surface area (Å²) in [6.07, 6.45) is 0. The lowest BCUT2D eigenvalue weighted by Crippen LogP contribution is -2.35. The van der Waals surface area contributed by atoms with Crippen molar-refractivity contribution in [1.82, 2.24) is 0 Å². The highest BCUT2D eigenvalue weighted by atomic mass is 19.1. The number of hydrogen-bond donors (Lipinski definition) is 1. The predicted octanol–water partition coefficient (Wildman–Crippen LogP) is 2.44. The van der Waals surface area contributed by atoms with Crippen LogP contribution in [0.25, 0.3) is 0 Å². The Morgan fingerprint density at radius 2 is 2.00 bits per heavy atom. The van der Waals surface area contributed by atoms with Gasteiger partial charge in [0, 0.05) is 6.07 Å². The number of anilines is 1. The zero-order valence-electron chi connectivity index (χ0n) is 11.0. The van der Waals surface area contributed by atoms with Crippen LogP contribution in [0, 0.1) is 11.7 Å². The van der Waals surface area contributed by atoms with Gasteiger partial charge in [0.25, 0.3) is 0 Å². The van der Waals surface area contributed by atoms with Gasteiger partial charge in [-0.3, -0.25) is 0 Å². The molecule has 0 aliphatic heterocycles. The number of hydrogen-bond acceptors (Lipinski definition) is 4. The zero-order chi connectivity index (χ0) is 13.7. The van der Waals surface area contributed by atoms with Gasteiger partial charge < -0.3 is 14.8 Å². The van der Waals surface area contributed by atoms with Crippen molar-refractivity contribution < 1.29 is 18.7 Å². The molecule has 100 valence electrons. The molecule has 0 aromatic heterocycles. The first-order valence-corrected chi connectivity index (χ1v) is 5.67. The van der Waals surface area contributed by atoms with E-state index in [9.17, 15) is 9.18 Å². The van der Waals surface area contributed by atoms with Gasteiger partial charge in [-0.2, -0.15) is 0 Å². The normalized spacial score (nSPS) is 12.1. The molecule has 1 aromatic carbocycles. The summed E-state index contributed by atoms with van der Waals surface area (Å²) in [5, 5.41) is 3.01. The second-order valence-corrected chi connectivity index (χ2v) is 4.23. The van der Waals surface area contributed by atoms with Crippen molar-refractivity contribution in [1.29, 1.82) is 0 Å². The first-order valence-electron chi connectivity index (χ1n) is 5.67. The van der Waals surface area contributed by atoms with Gasteiger partial charge in [-0.15, -0.1) is 0 Å². The number of rotatable bonds is 5. The van der Waals surface area contributed by atoms with E-state index in [-0.39, 0.29) is 11.9 Å². The number of halogens is 1. The number of benzene rings is 1. The minimum Gasteiger partial charge on any atom is -0.494 e. The average molecular weight is 255 g/mol. The first kappa shape index (κ1) is 14.3. The van der Waals surface area contributed by atoms with Crippen molar-refractivity contribution >= 4 is 11.7 Å².